The molecule has 0 aliphatic heterocycles. The molecule has 3 amide bonds. The molecule has 2 rings (SSSR count). The smallest absolute Gasteiger partial charge is 0.334 e. The summed E-state index contributed by atoms with van der Waals surface area (Å²) in [5.74, 6) is -1.41. The Morgan fingerprint density at radius 3 is 2.67 bits per heavy atom. The summed E-state index contributed by atoms with van der Waals surface area (Å²) in [4.78, 5) is 35.6. The maximum Gasteiger partial charge on any atom is 0.334 e. The number of nitrogens with one attached hydrogen (secondary N) is 3. The van der Waals surface area contributed by atoms with Gasteiger partial charge in [0.1, 0.15) is 0 Å². The molecule has 0 saturated carbocycles. The van der Waals surface area contributed by atoms with Gasteiger partial charge in [-0.3, -0.25) is 4.79 Å². The maximum atomic E-state index is 12.1. The van der Waals surface area contributed by atoms with Gasteiger partial charge in [-0.25, -0.2) is 9.59 Å². The number of fused-ring (bicyclic) bond motifs is 1. The molecule has 0 heterocycles. The lowest BCUT2D eigenvalue weighted by molar-refractivity contribution is -0.144. The first-order valence-corrected chi connectivity index (χ1v) is 8.06. The van der Waals surface area contributed by atoms with Gasteiger partial charge in [0.2, 0.25) is 5.91 Å². The minimum Gasteiger partial charge on any atom is -0.479 e. The normalized spacial score (nSPS) is 19.9. The number of hydrogen-bond donors (Lipinski definition) is 4. The summed E-state index contributed by atoms with van der Waals surface area (Å²) < 4.78 is 0. The lowest BCUT2D eigenvalue weighted by atomic mass is 9.92. The van der Waals surface area contributed by atoms with Crippen molar-refractivity contribution in [3.63, 3.8) is 0 Å². The summed E-state index contributed by atoms with van der Waals surface area (Å²) in [5.41, 5.74) is 0.0554. The van der Waals surface area contributed by atoms with E-state index in [9.17, 15) is 19.5 Å². The first-order chi connectivity index (χ1) is 11.4. The topological polar surface area (TPSA) is 108 Å². The quantitative estimate of drug-likeness (QED) is 0.626. The number of urea groups is 1. The van der Waals surface area contributed by atoms with E-state index in [1.54, 1.807) is 12.1 Å². The van der Waals surface area contributed by atoms with Gasteiger partial charge in [-0.05, 0) is 37.3 Å². The van der Waals surface area contributed by atoms with Crippen LogP contribution in [0.2, 0.25) is 0 Å². The third kappa shape index (κ3) is 3.67. The third-order valence-electron chi connectivity index (χ3n) is 4.37. The molecule has 24 heavy (non-hydrogen) atoms. The van der Waals surface area contributed by atoms with Crippen molar-refractivity contribution in [2.75, 3.05) is 6.54 Å². The molecular weight excluding hydrogens is 310 g/mol. The number of carboxylic acid groups (broad SMARTS) is 1. The van der Waals surface area contributed by atoms with Gasteiger partial charge >= 0.3 is 12.0 Å². The van der Waals surface area contributed by atoms with Crippen LogP contribution in [0.5, 0.6) is 0 Å². The van der Waals surface area contributed by atoms with Gasteiger partial charge in [0.25, 0.3) is 0 Å². The van der Waals surface area contributed by atoms with Crippen molar-refractivity contribution in [1.82, 2.24) is 16.0 Å². The van der Waals surface area contributed by atoms with Crippen LogP contribution in [0, 0.1) is 0 Å². The second-order valence-electron chi connectivity index (χ2n) is 6.05. The summed E-state index contributed by atoms with van der Waals surface area (Å²) in [7, 11) is 0. The summed E-state index contributed by atoms with van der Waals surface area (Å²) >= 11 is 0. The standard InChI is InChI=1S/C17H23N3O4/c1-3-11(2)19-14(21)10-18-16(24)20-17(15(22)23)9-8-12-6-4-5-7-13(12)17/h4-7,11H,3,8-10H2,1-2H3,(H,19,21)(H,22,23)(H2,18,20,24). The molecule has 2 unspecified atom stereocenters. The maximum absolute atomic E-state index is 12.1. The molecule has 0 aromatic heterocycles. The molecule has 7 heteroatoms. The van der Waals surface area contributed by atoms with Gasteiger partial charge in [0.05, 0.1) is 6.54 Å². The molecule has 1 aliphatic rings. The zero-order valence-electron chi connectivity index (χ0n) is 13.9. The molecule has 0 spiro atoms. The molecule has 0 saturated heterocycles. The van der Waals surface area contributed by atoms with Gasteiger partial charge in [-0.2, -0.15) is 0 Å². The van der Waals surface area contributed by atoms with Crippen LogP contribution in [-0.4, -0.2) is 35.6 Å². The highest BCUT2D eigenvalue weighted by Crippen LogP contribution is 2.37. The minimum absolute atomic E-state index is 0.0226. The predicted molar refractivity (Wildman–Crippen MR) is 88.5 cm³/mol. The summed E-state index contributed by atoms with van der Waals surface area (Å²) in [6, 6.07) is 6.52. The van der Waals surface area contributed by atoms with E-state index in [0.717, 1.165) is 12.0 Å². The average molecular weight is 333 g/mol. The Balaban J connectivity index is 2.01. The molecule has 1 aliphatic carbocycles. The van der Waals surface area contributed by atoms with Gasteiger partial charge in [0, 0.05) is 6.04 Å². The first kappa shape index (κ1) is 17.8. The second-order valence-corrected chi connectivity index (χ2v) is 6.05. The SMILES string of the molecule is CCC(C)NC(=O)CNC(=O)NC1(C(=O)O)CCc2ccccc21. The molecule has 130 valence electrons. The van der Waals surface area contributed by atoms with Gasteiger partial charge in [-0.15, -0.1) is 0 Å². The number of hydrogen-bond acceptors (Lipinski definition) is 3. The van der Waals surface area contributed by atoms with Crippen molar-refractivity contribution in [3.8, 4) is 0 Å². The van der Waals surface area contributed by atoms with E-state index in [4.69, 9.17) is 0 Å². The van der Waals surface area contributed by atoms with E-state index < -0.39 is 17.5 Å². The Labute approximate surface area is 140 Å². The second kappa shape index (κ2) is 7.33. The number of carbonyl (C=O) groups is 3. The summed E-state index contributed by atoms with van der Waals surface area (Å²) in [5, 5.41) is 17.4. The van der Waals surface area contributed by atoms with Crippen molar-refractivity contribution in [2.45, 2.75) is 44.7 Å². The summed E-state index contributed by atoms with van der Waals surface area (Å²) in [6.07, 6.45) is 1.66. The largest absolute Gasteiger partial charge is 0.479 e. The van der Waals surface area contributed by atoms with Gasteiger partial charge < -0.3 is 21.1 Å². The number of amides is 3. The van der Waals surface area contributed by atoms with Crippen molar-refractivity contribution in [3.05, 3.63) is 35.4 Å². The van der Waals surface area contributed by atoms with E-state index >= 15 is 0 Å². The Morgan fingerprint density at radius 2 is 2.00 bits per heavy atom. The number of aryl methyl sites for hydroxylation is 1. The van der Waals surface area contributed by atoms with Crippen LogP contribution in [0.25, 0.3) is 0 Å². The lowest BCUT2D eigenvalue weighted by Crippen LogP contribution is -2.55. The third-order valence-corrected chi connectivity index (χ3v) is 4.37. The highest BCUT2D eigenvalue weighted by atomic mass is 16.4. The molecular formula is C17H23N3O4. The highest BCUT2D eigenvalue weighted by Gasteiger charge is 2.46. The fraction of sp³-hybridized carbons (Fsp3) is 0.471. The van der Waals surface area contributed by atoms with Crippen LogP contribution in [0.4, 0.5) is 4.79 Å². The Morgan fingerprint density at radius 1 is 1.29 bits per heavy atom. The molecule has 0 bridgehead atoms. The van der Waals surface area contributed by atoms with Gasteiger partial charge in [0.15, 0.2) is 5.54 Å². The van der Waals surface area contributed by atoms with Crippen LogP contribution in [0.1, 0.15) is 37.8 Å². The van der Waals surface area contributed by atoms with Crippen LogP contribution < -0.4 is 16.0 Å². The molecule has 0 radical (unpaired) electrons. The number of rotatable bonds is 6. The van der Waals surface area contributed by atoms with E-state index in [1.165, 1.54) is 0 Å². The van der Waals surface area contributed by atoms with Crippen LogP contribution >= 0.6 is 0 Å². The number of benzene rings is 1. The number of carboxylic acids is 1. The Hall–Kier alpha value is -2.57. The lowest BCUT2D eigenvalue weighted by Gasteiger charge is -2.27. The summed E-state index contributed by atoms with van der Waals surface area (Å²) in [6.45, 7) is 3.61. The number of aliphatic carboxylic acids is 1. The zero-order chi connectivity index (χ0) is 17.7. The molecule has 7 nitrogen and oxygen atoms in total. The van der Waals surface area contributed by atoms with Crippen molar-refractivity contribution < 1.29 is 19.5 Å². The number of carbonyl (C=O) groups excluding carboxylic acids is 2. The molecule has 1 aromatic carbocycles. The van der Waals surface area contributed by atoms with Crippen molar-refractivity contribution >= 4 is 17.9 Å². The fourth-order valence-corrected chi connectivity index (χ4v) is 2.84. The highest BCUT2D eigenvalue weighted by molar-refractivity contribution is 5.90. The van der Waals surface area contributed by atoms with Crippen LogP contribution in [-0.2, 0) is 21.5 Å². The van der Waals surface area contributed by atoms with Crippen LogP contribution in [0.15, 0.2) is 24.3 Å². The fourth-order valence-electron chi connectivity index (χ4n) is 2.84. The van der Waals surface area contributed by atoms with Crippen LogP contribution in [0.3, 0.4) is 0 Å². The Kier molecular flexibility index (Phi) is 5.43. The average Bonchev–Trinajstić information content (AvgIpc) is 2.93. The van der Waals surface area contributed by atoms with E-state index in [-0.39, 0.29) is 24.9 Å². The van der Waals surface area contributed by atoms with E-state index in [1.807, 2.05) is 26.0 Å². The predicted octanol–water partition coefficient (Wildman–Crippen LogP) is 1.13. The molecule has 4 N–H and O–H groups in total. The Bertz CT molecular complexity index is 646. The molecule has 2 atom stereocenters. The van der Waals surface area contributed by atoms with E-state index in [0.29, 0.717) is 12.0 Å². The molecule has 0 fully saturated rings. The monoisotopic (exact) mass is 333 g/mol. The first-order valence-electron chi connectivity index (χ1n) is 8.06. The van der Waals surface area contributed by atoms with Gasteiger partial charge in [-0.1, -0.05) is 31.2 Å². The van der Waals surface area contributed by atoms with Crippen molar-refractivity contribution in [1.29, 1.82) is 0 Å². The minimum atomic E-state index is -1.45. The van der Waals surface area contributed by atoms with E-state index in [2.05, 4.69) is 16.0 Å². The molecule has 1 aromatic rings. The zero-order valence-corrected chi connectivity index (χ0v) is 13.9. The van der Waals surface area contributed by atoms with Crippen molar-refractivity contribution in [2.24, 2.45) is 0 Å².